The van der Waals surface area contributed by atoms with E-state index in [9.17, 15) is 0 Å². The highest BCUT2D eigenvalue weighted by Gasteiger charge is 2.38. The van der Waals surface area contributed by atoms with Gasteiger partial charge in [-0.2, -0.15) is 0 Å². The molecule has 0 aromatic heterocycles. The number of rotatable bonds is 7. The van der Waals surface area contributed by atoms with Gasteiger partial charge in [0.05, 0.1) is 4.45 Å². The molecule has 4 heteroatoms. The van der Waals surface area contributed by atoms with Gasteiger partial charge in [0.15, 0.2) is 0 Å². The Kier molecular flexibility index (Phi) is 7.31. The smallest absolute Gasteiger partial charge is 0.349 e. The number of hydrogen-bond donors (Lipinski definition) is 0. The van der Waals surface area contributed by atoms with Crippen LogP contribution in [0.2, 0.25) is 6.55 Å². The molecule has 0 N–H and O–H groups in total. The van der Waals surface area contributed by atoms with Gasteiger partial charge >= 0.3 is 8.56 Å². The Bertz CT molecular complexity index is 127. The van der Waals surface area contributed by atoms with E-state index in [2.05, 4.69) is 29.4 Å². The van der Waals surface area contributed by atoms with Gasteiger partial charge in [-0.3, -0.25) is 0 Å². The highest BCUT2D eigenvalue weighted by atomic mass is 79.9. The molecule has 13 heavy (non-hydrogen) atoms. The van der Waals surface area contributed by atoms with Gasteiger partial charge in [0.2, 0.25) is 0 Å². The second kappa shape index (κ2) is 6.98. The minimum Gasteiger partial charge on any atom is -0.394 e. The molecule has 0 aliphatic rings. The maximum Gasteiger partial charge on any atom is 0.349 e. The molecule has 0 aliphatic heterocycles. The summed E-state index contributed by atoms with van der Waals surface area (Å²) in [4.78, 5) is 0. The van der Waals surface area contributed by atoms with Crippen LogP contribution in [0.3, 0.4) is 0 Å². The van der Waals surface area contributed by atoms with Crippen LogP contribution in [-0.2, 0) is 8.85 Å². The van der Waals surface area contributed by atoms with Crippen molar-refractivity contribution in [2.24, 2.45) is 0 Å². The zero-order valence-corrected chi connectivity index (χ0v) is 11.7. The normalized spacial score (nSPS) is 14.5. The van der Waals surface area contributed by atoms with Crippen molar-refractivity contribution in [1.82, 2.24) is 0 Å². The predicted octanol–water partition coefficient (Wildman–Crippen LogP) is 3.23. The summed E-state index contributed by atoms with van der Waals surface area (Å²) in [6, 6.07) is 0. The van der Waals surface area contributed by atoms with Crippen LogP contribution in [0.4, 0.5) is 0 Å². The van der Waals surface area contributed by atoms with Gasteiger partial charge in [-0.15, -0.1) is 0 Å². The molecule has 0 bridgehead atoms. The van der Waals surface area contributed by atoms with Crippen molar-refractivity contribution in [1.29, 1.82) is 0 Å². The molecule has 0 radical (unpaired) electrons. The third-order valence-corrected chi connectivity index (χ3v) is 8.08. The highest BCUT2D eigenvalue weighted by molar-refractivity contribution is 9.10. The monoisotopic (exact) mass is 268 g/mol. The summed E-state index contributed by atoms with van der Waals surface area (Å²) in [7, 11) is -1.96. The lowest BCUT2D eigenvalue weighted by atomic mass is 10.4. The minimum atomic E-state index is -1.96. The topological polar surface area (TPSA) is 18.5 Å². The Labute approximate surface area is 91.4 Å². The quantitative estimate of drug-likeness (QED) is 0.522. The third-order valence-electron chi connectivity index (χ3n) is 1.97. The molecule has 1 atom stereocenters. The average Bonchev–Trinajstić information content (AvgIpc) is 2.05. The fourth-order valence-corrected chi connectivity index (χ4v) is 4.97. The van der Waals surface area contributed by atoms with Gasteiger partial charge in [0.25, 0.3) is 0 Å². The Morgan fingerprint density at radius 3 is 1.92 bits per heavy atom. The SMILES string of the molecule is CCCC(Br)[Si](C)(OCC)OCC. The first kappa shape index (κ1) is 13.6. The van der Waals surface area contributed by atoms with Crippen LogP contribution >= 0.6 is 15.9 Å². The number of halogens is 1. The molecule has 0 saturated carbocycles. The van der Waals surface area contributed by atoms with Crippen molar-refractivity contribution in [3.05, 3.63) is 0 Å². The molecule has 2 nitrogen and oxygen atoms in total. The average molecular weight is 269 g/mol. The molecule has 0 fully saturated rings. The minimum absolute atomic E-state index is 0.407. The highest BCUT2D eigenvalue weighted by Crippen LogP contribution is 2.23. The maximum absolute atomic E-state index is 5.75. The van der Waals surface area contributed by atoms with E-state index >= 15 is 0 Å². The van der Waals surface area contributed by atoms with Crippen molar-refractivity contribution < 1.29 is 8.85 Å². The van der Waals surface area contributed by atoms with E-state index in [4.69, 9.17) is 8.85 Å². The molecule has 80 valence electrons. The standard InChI is InChI=1S/C9H21BrO2Si/c1-5-8-9(10)13(4,11-6-2)12-7-3/h9H,5-8H2,1-4H3. The first-order valence-electron chi connectivity index (χ1n) is 5.02. The zero-order valence-electron chi connectivity index (χ0n) is 9.10. The van der Waals surface area contributed by atoms with E-state index in [-0.39, 0.29) is 0 Å². The Morgan fingerprint density at radius 1 is 1.15 bits per heavy atom. The summed E-state index contributed by atoms with van der Waals surface area (Å²) in [5.74, 6) is 0. The van der Waals surface area contributed by atoms with Gasteiger partial charge < -0.3 is 8.85 Å². The van der Waals surface area contributed by atoms with Crippen LogP contribution < -0.4 is 0 Å². The molecule has 1 unspecified atom stereocenters. The van der Waals surface area contributed by atoms with E-state index in [1.54, 1.807) is 0 Å². The van der Waals surface area contributed by atoms with Crippen LogP contribution in [0, 0.1) is 0 Å². The largest absolute Gasteiger partial charge is 0.394 e. The molecule has 0 aliphatic carbocycles. The summed E-state index contributed by atoms with van der Waals surface area (Å²) < 4.78 is 11.9. The van der Waals surface area contributed by atoms with Crippen LogP contribution in [0.25, 0.3) is 0 Å². The van der Waals surface area contributed by atoms with Gasteiger partial charge in [-0.05, 0) is 26.8 Å². The summed E-state index contributed by atoms with van der Waals surface area (Å²) in [5.41, 5.74) is 0. The summed E-state index contributed by atoms with van der Waals surface area (Å²) in [6.07, 6.45) is 2.29. The first-order chi connectivity index (χ1) is 6.10. The fourth-order valence-electron chi connectivity index (χ4n) is 1.31. The molecular weight excluding hydrogens is 248 g/mol. The Hall–Kier alpha value is 0.617. The molecule has 0 amide bonds. The van der Waals surface area contributed by atoms with Crippen LogP contribution in [0.1, 0.15) is 33.6 Å². The predicted molar refractivity (Wildman–Crippen MR) is 62.5 cm³/mol. The summed E-state index contributed by atoms with van der Waals surface area (Å²) in [5, 5.41) is 0. The lowest BCUT2D eigenvalue weighted by Crippen LogP contribution is -2.48. The van der Waals surface area contributed by atoms with E-state index in [1.807, 2.05) is 13.8 Å². The van der Waals surface area contributed by atoms with Gasteiger partial charge in [0, 0.05) is 13.2 Å². The Morgan fingerprint density at radius 2 is 1.62 bits per heavy atom. The van der Waals surface area contributed by atoms with Crippen molar-refractivity contribution in [3.8, 4) is 0 Å². The van der Waals surface area contributed by atoms with Crippen LogP contribution in [0.15, 0.2) is 0 Å². The fraction of sp³-hybridized carbons (Fsp3) is 1.00. The Balaban J connectivity index is 4.18. The molecular formula is C9H21BrO2Si. The van der Waals surface area contributed by atoms with E-state index in [0.29, 0.717) is 4.45 Å². The van der Waals surface area contributed by atoms with Crippen molar-refractivity contribution in [2.45, 2.75) is 44.6 Å². The van der Waals surface area contributed by atoms with Crippen LogP contribution in [0.5, 0.6) is 0 Å². The molecule has 0 heterocycles. The van der Waals surface area contributed by atoms with Crippen LogP contribution in [-0.4, -0.2) is 26.2 Å². The third kappa shape index (κ3) is 4.58. The summed E-state index contributed by atoms with van der Waals surface area (Å²) >= 11 is 3.67. The molecule has 0 saturated heterocycles. The van der Waals surface area contributed by atoms with Crippen molar-refractivity contribution in [2.75, 3.05) is 13.2 Å². The zero-order chi connectivity index (χ0) is 10.3. The van der Waals surface area contributed by atoms with E-state index < -0.39 is 8.56 Å². The van der Waals surface area contributed by atoms with Gasteiger partial charge in [0.1, 0.15) is 0 Å². The summed E-state index contributed by atoms with van der Waals surface area (Å²) in [6.45, 7) is 9.85. The number of alkyl halides is 1. The maximum atomic E-state index is 5.75. The molecule has 0 rings (SSSR count). The first-order valence-corrected chi connectivity index (χ1v) is 8.33. The molecule has 0 aromatic rings. The van der Waals surface area contributed by atoms with Crippen molar-refractivity contribution in [3.63, 3.8) is 0 Å². The van der Waals surface area contributed by atoms with E-state index in [0.717, 1.165) is 19.6 Å². The second-order valence-corrected chi connectivity index (χ2v) is 8.39. The molecule has 0 spiro atoms. The van der Waals surface area contributed by atoms with Crippen molar-refractivity contribution >= 4 is 24.5 Å². The van der Waals surface area contributed by atoms with Gasteiger partial charge in [-0.25, -0.2) is 0 Å². The lowest BCUT2D eigenvalue weighted by molar-refractivity contribution is 0.187. The second-order valence-electron chi connectivity index (χ2n) is 3.14. The van der Waals surface area contributed by atoms with Gasteiger partial charge in [-0.1, -0.05) is 29.3 Å². The number of hydrogen-bond acceptors (Lipinski definition) is 2. The van der Waals surface area contributed by atoms with E-state index in [1.165, 1.54) is 6.42 Å². The molecule has 0 aromatic carbocycles. The lowest BCUT2D eigenvalue weighted by Gasteiger charge is -2.30.